The van der Waals surface area contributed by atoms with Crippen LogP contribution in [0.1, 0.15) is 6.42 Å². The Morgan fingerprint density at radius 2 is 2.12 bits per heavy atom. The van der Waals surface area contributed by atoms with Crippen molar-refractivity contribution < 1.29 is 26.2 Å². The van der Waals surface area contributed by atoms with Crippen LogP contribution in [-0.2, 0) is 26.2 Å². The molecule has 0 saturated carbocycles. The minimum Gasteiger partial charge on any atom is -0.273 e. The Morgan fingerprint density at radius 3 is 2.25 bits per heavy atom. The van der Waals surface area contributed by atoms with Crippen LogP contribution < -0.4 is 0 Å². The summed E-state index contributed by atoms with van der Waals surface area (Å²) in [6, 6.07) is 0. The van der Waals surface area contributed by atoms with Crippen molar-refractivity contribution >= 4 is 11.6 Å². The zero-order valence-corrected chi connectivity index (χ0v) is 8.03. The first-order chi connectivity index (χ1) is 3.50. The summed E-state index contributed by atoms with van der Waals surface area (Å²) in [4.78, 5) is 0. The molecule has 1 aliphatic rings. The molecular formula is C6H8ClZr-. The number of alkyl halides is 1. The molecule has 0 atom stereocenters. The van der Waals surface area contributed by atoms with E-state index in [0.29, 0.717) is 0 Å². The second-order valence-electron chi connectivity index (χ2n) is 1.00. The Bertz CT molecular complexity index is 66.6. The third-order valence-corrected chi connectivity index (χ3v) is 0.586. The van der Waals surface area contributed by atoms with Gasteiger partial charge in [0.2, 0.25) is 0 Å². The van der Waals surface area contributed by atoms with Crippen LogP contribution in [0.3, 0.4) is 0 Å². The molecule has 8 heavy (non-hydrogen) atoms. The summed E-state index contributed by atoms with van der Waals surface area (Å²) < 4.78 is 0. The average molecular weight is 207 g/mol. The summed E-state index contributed by atoms with van der Waals surface area (Å²) in [5.74, 6) is 0. The fourth-order valence-corrected chi connectivity index (χ4v) is 0.340. The molecule has 0 bridgehead atoms. The summed E-state index contributed by atoms with van der Waals surface area (Å²) in [5.41, 5.74) is 0. The molecule has 0 N–H and O–H groups in total. The van der Waals surface area contributed by atoms with Crippen molar-refractivity contribution in [3.63, 3.8) is 0 Å². The number of hydrogen-bond acceptors (Lipinski definition) is 0. The van der Waals surface area contributed by atoms with Gasteiger partial charge in [-0.05, 0) is 0 Å². The molecule has 0 aromatic carbocycles. The van der Waals surface area contributed by atoms with Gasteiger partial charge in [-0.25, -0.2) is 12.2 Å². The van der Waals surface area contributed by atoms with Gasteiger partial charge in [0.15, 0.2) is 0 Å². The molecular weight excluding hydrogens is 199 g/mol. The van der Waals surface area contributed by atoms with Crippen LogP contribution in [0.2, 0.25) is 0 Å². The number of halogens is 1. The van der Waals surface area contributed by atoms with Gasteiger partial charge in [0.05, 0.1) is 0 Å². The SMILES string of the molecule is CCl.[C-]1=CC=CC1.[Zr]. The molecule has 0 amide bonds. The van der Waals surface area contributed by atoms with Gasteiger partial charge in [0, 0.05) is 32.6 Å². The van der Waals surface area contributed by atoms with E-state index in [1.165, 1.54) is 6.38 Å². The number of hydrogen-bond donors (Lipinski definition) is 0. The van der Waals surface area contributed by atoms with E-state index in [-0.39, 0.29) is 26.2 Å². The Hall–Kier alpha value is 0.653. The van der Waals surface area contributed by atoms with Gasteiger partial charge >= 0.3 is 0 Å². The molecule has 0 saturated heterocycles. The summed E-state index contributed by atoms with van der Waals surface area (Å²) in [6.45, 7) is 0. The summed E-state index contributed by atoms with van der Waals surface area (Å²) in [5, 5.41) is 0. The van der Waals surface area contributed by atoms with Crippen molar-refractivity contribution in [2.75, 3.05) is 6.38 Å². The quantitative estimate of drug-likeness (QED) is 0.421. The van der Waals surface area contributed by atoms with E-state index in [1.807, 2.05) is 12.2 Å². The van der Waals surface area contributed by atoms with E-state index >= 15 is 0 Å². The van der Waals surface area contributed by atoms with Crippen LogP contribution in [0.25, 0.3) is 0 Å². The largest absolute Gasteiger partial charge is 0.273 e. The van der Waals surface area contributed by atoms with Crippen LogP contribution in [0.15, 0.2) is 18.2 Å². The fraction of sp³-hybridized carbons (Fsp3) is 0.333. The van der Waals surface area contributed by atoms with Gasteiger partial charge in [-0.15, -0.1) is 18.0 Å². The third-order valence-electron chi connectivity index (χ3n) is 0.586. The van der Waals surface area contributed by atoms with E-state index in [9.17, 15) is 0 Å². The first-order valence-electron chi connectivity index (χ1n) is 2.10. The topological polar surface area (TPSA) is 0 Å². The molecule has 44 valence electrons. The Labute approximate surface area is 74.7 Å². The summed E-state index contributed by atoms with van der Waals surface area (Å²) in [6.07, 6.45) is 11.5. The molecule has 1 aliphatic carbocycles. The van der Waals surface area contributed by atoms with Gasteiger partial charge in [0.25, 0.3) is 0 Å². The first kappa shape index (κ1) is 11.4. The van der Waals surface area contributed by atoms with Crippen LogP contribution in [0, 0.1) is 6.08 Å². The van der Waals surface area contributed by atoms with Gasteiger partial charge < -0.3 is 0 Å². The molecule has 0 aromatic heterocycles. The van der Waals surface area contributed by atoms with Crippen LogP contribution in [-0.4, -0.2) is 6.38 Å². The van der Waals surface area contributed by atoms with Crippen molar-refractivity contribution in [1.29, 1.82) is 0 Å². The zero-order chi connectivity index (χ0) is 5.54. The molecule has 0 fully saturated rings. The standard InChI is InChI=1S/C5H5.CH3Cl.Zr/c1-2-4-5-3-1;1-2;/h1-3H,4H2;1H3;/q-1;;. The Kier molecular flexibility index (Phi) is 15.2. The third kappa shape index (κ3) is 6.65. The van der Waals surface area contributed by atoms with E-state index in [4.69, 9.17) is 0 Å². The molecule has 1 rings (SSSR count). The first-order valence-corrected chi connectivity index (χ1v) is 2.85. The van der Waals surface area contributed by atoms with Crippen molar-refractivity contribution in [1.82, 2.24) is 0 Å². The van der Waals surface area contributed by atoms with Crippen molar-refractivity contribution in [2.24, 2.45) is 0 Å². The maximum atomic E-state index is 4.64. The van der Waals surface area contributed by atoms with E-state index < -0.39 is 0 Å². The average Bonchev–Trinajstić information content (AvgIpc) is 2.23. The van der Waals surface area contributed by atoms with Crippen LogP contribution in [0.4, 0.5) is 0 Å². The summed E-state index contributed by atoms with van der Waals surface area (Å²) in [7, 11) is 0. The Balaban J connectivity index is 0. The molecule has 0 aliphatic heterocycles. The second-order valence-corrected chi connectivity index (χ2v) is 1.00. The maximum Gasteiger partial charge on any atom is 0.0108 e. The smallest absolute Gasteiger partial charge is 0.0108 e. The molecule has 0 heterocycles. The fourth-order valence-electron chi connectivity index (χ4n) is 0.340. The minimum atomic E-state index is 0. The van der Waals surface area contributed by atoms with Gasteiger partial charge in [-0.1, -0.05) is 0 Å². The molecule has 0 nitrogen and oxygen atoms in total. The molecule has 0 aromatic rings. The normalized spacial score (nSPS) is 11.8. The summed E-state index contributed by atoms with van der Waals surface area (Å²) >= 11 is 4.64. The van der Waals surface area contributed by atoms with Crippen LogP contribution in [0.5, 0.6) is 0 Å². The molecule has 2 heteroatoms. The molecule has 0 radical (unpaired) electrons. The van der Waals surface area contributed by atoms with E-state index in [0.717, 1.165) is 6.42 Å². The Morgan fingerprint density at radius 1 is 1.50 bits per heavy atom. The van der Waals surface area contributed by atoms with Gasteiger partial charge in [0.1, 0.15) is 0 Å². The maximum absolute atomic E-state index is 4.64. The van der Waals surface area contributed by atoms with Gasteiger partial charge in [-0.2, -0.15) is 6.08 Å². The monoisotopic (exact) mass is 205 g/mol. The van der Waals surface area contributed by atoms with Crippen molar-refractivity contribution in [2.45, 2.75) is 6.42 Å². The van der Waals surface area contributed by atoms with E-state index in [2.05, 4.69) is 23.8 Å². The van der Waals surface area contributed by atoms with Crippen LogP contribution >= 0.6 is 11.6 Å². The van der Waals surface area contributed by atoms with Gasteiger partial charge in [-0.3, -0.25) is 6.08 Å². The predicted octanol–water partition coefficient (Wildman–Crippen LogP) is 2.16. The second kappa shape index (κ2) is 10.6. The molecule has 0 spiro atoms. The minimum absolute atomic E-state index is 0. The molecule has 0 unspecified atom stereocenters. The van der Waals surface area contributed by atoms with Crippen molar-refractivity contribution in [3.8, 4) is 0 Å². The zero-order valence-electron chi connectivity index (χ0n) is 4.82. The van der Waals surface area contributed by atoms with Crippen molar-refractivity contribution in [3.05, 3.63) is 24.3 Å². The number of rotatable bonds is 0. The number of allylic oxidation sites excluding steroid dienone is 4. The predicted molar refractivity (Wildman–Crippen MR) is 33.3 cm³/mol. The van der Waals surface area contributed by atoms with E-state index in [1.54, 1.807) is 0 Å².